The van der Waals surface area contributed by atoms with Crippen LogP contribution in [0, 0.1) is 6.92 Å². The molecule has 0 aliphatic carbocycles. The standard InChI is InChI=1S/C21H22N4O3/c1-14-11-16-17(22-19(21(27)28)20(26)23-16)12-18(14)25-9-7-24(8-10-25)13-15-5-3-2-4-6-15/h2-6,11-12H,7-10,13H2,1H3,(H,23,26)(H,27,28). The van der Waals surface area contributed by atoms with Gasteiger partial charge >= 0.3 is 5.97 Å². The molecule has 3 aromatic rings. The molecule has 1 aromatic heterocycles. The van der Waals surface area contributed by atoms with E-state index >= 15 is 0 Å². The molecular weight excluding hydrogens is 356 g/mol. The number of carboxylic acids is 1. The minimum atomic E-state index is -1.32. The van der Waals surface area contributed by atoms with E-state index in [1.165, 1.54) is 5.56 Å². The number of benzene rings is 2. The molecule has 7 heteroatoms. The summed E-state index contributed by atoms with van der Waals surface area (Å²) in [6, 6.07) is 14.2. The van der Waals surface area contributed by atoms with Gasteiger partial charge < -0.3 is 15.0 Å². The second-order valence-electron chi connectivity index (χ2n) is 7.12. The van der Waals surface area contributed by atoms with E-state index in [-0.39, 0.29) is 0 Å². The lowest BCUT2D eigenvalue weighted by Gasteiger charge is -2.37. The molecule has 2 aromatic carbocycles. The van der Waals surface area contributed by atoms with Gasteiger partial charge in [0.15, 0.2) is 0 Å². The van der Waals surface area contributed by atoms with Crippen LogP contribution in [0.15, 0.2) is 47.3 Å². The predicted molar refractivity (Wildman–Crippen MR) is 108 cm³/mol. The van der Waals surface area contributed by atoms with E-state index in [0.717, 1.165) is 44.0 Å². The number of aryl methyl sites for hydroxylation is 1. The molecular formula is C21H22N4O3. The zero-order valence-electron chi connectivity index (χ0n) is 15.7. The lowest BCUT2D eigenvalue weighted by Crippen LogP contribution is -2.46. The number of carboxylic acid groups (broad SMARTS) is 1. The normalized spacial score (nSPS) is 15.1. The molecule has 0 bridgehead atoms. The number of aromatic nitrogens is 2. The van der Waals surface area contributed by atoms with Gasteiger partial charge in [0.05, 0.1) is 11.0 Å². The summed E-state index contributed by atoms with van der Waals surface area (Å²) in [7, 11) is 0. The highest BCUT2D eigenvalue weighted by Gasteiger charge is 2.20. The van der Waals surface area contributed by atoms with Gasteiger partial charge in [-0.25, -0.2) is 9.78 Å². The van der Waals surface area contributed by atoms with Crippen LogP contribution in [0.5, 0.6) is 0 Å². The summed E-state index contributed by atoms with van der Waals surface area (Å²) >= 11 is 0. The summed E-state index contributed by atoms with van der Waals surface area (Å²) in [5, 5.41) is 9.15. The average Bonchev–Trinajstić information content (AvgIpc) is 2.68. The molecule has 0 radical (unpaired) electrons. The first-order chi connectivity index (χ1) is 13.5. The predicted octanol–water partition coefficient (Wildman–Crippen LogP) is 2.25. The first-order valence-corrected chi connectivity index (χ1v) is 9.30. The quantitative estimate of drug-likeness (QED) is 0.724. The van der Waals surface area contributed by atoms with Crippen molar-refractivity contribution < 1.29 is 9.90 Å². The highest BCUT2D eigenvalue weighted by molar-refractivity contribution is 5.89. The fraction of sp³-hybridized carbons (Fsp3) is 0.286. The molecule has 0 spiro atoms. The van der Waals surface area contributed by atoms with Crippen LogP contribution in [-0.2, 0) is 6.54 Å². The summed E-state index contributed by atoms with van der Waals surface area (Å²) < 4.78 is 0. The number of aromatic amines is 1. The van der Waals surface area contributed by atoms with E-state index in [4.69, 9.17) is 5.11 Å². The summed E-state index contributed by atoms with van der Waals surface area (Å²) in [6.45, 7) is 6.60. The number of piperazine rings is 1. The molecule has 2 N–H and O–H groups in total. The van der Waals surface area contributed by atoms with Crippen LogP contribution in [0.4, 0.5) is 5.69 Å². The van der Waals surface area contributed by atoms with Crippen molar-refractivity contribution in [3.63, 3.8) is 0 Å². The molecule has 2 heterocycles. The average molecular weight is 378 g/mol. The number of fused-ring (bicyclic) bond motifs is 1. The third kappa shape index (κ3) is 3.61. The third-order valence-electron chi connectivity index (χ3n) is 5.17. The van der Waals surface area contributed by atoms with Crippen molar-refractivity contribution in [1.29, 1.82) is 0 Å². The van der Waals surface area contributed by atoms with Crippen molar-refractivity contribution >= 4 is 22.7 Å². The SMILES string of the molecule is Cc1cc2[nH]c(=O)c(C(=O)O)nc2cc1N1CCN(Cc2ccccc2)CC1. The lowest BCUT2D eigenvalue weighted by atomic mass is 10.1. The number of hydrogen-bond donors (Lipinski definition) is 2. The highest BCUT2D eigenvalue weighted by Crippen LogP contribution is 2.26. The Morgan fingerprint density at radius 3 is 2.54 bits per heavy atom. The van der Waals surface area contributed by atoms with E-state index in [9.17, 15) is 9.59 Å². The van der Waals surface area contributed by atoms with Crippen LogP contribution in [0.25, 0.3) is 11.0 Å². The molecule has 1 aliphatic heterocycles. The highest BCUT2D eigenvalue weighted by atomic mass is 16.4. The number of nitrogens with one attached hydrogen (secondary N) is 1. The van der Waals surface area contributed by atoms with Crippen molar-refractivity contribution in [3.05, 3.63) is 69.6 Å². The van der Waals surface area contributed by atoms with Crippen LogP contribution in [0.1, 0.15) is 21.6 Å². The number of nitrogens with zero attached hydrogens (tertiary/aromatic N) is 3. The first kappa shape index (κ1) is 18.2. The third-order valence-corrected chi connectivity index (χ3v) is 5.17. The Labute approximate surface area is 162 Å². The number of anilines is 1. The molecule has 7 nitrogen and oxygen atoms in total. The zero-order chi connectivity index (χ0) is 19.7. The molecule has 144 valence electrons. The molecule has 0 unspecified atom stereocenters. The number of rotatable bonds is 4. The van der Waals surface area contributed by atoms with Crippen LogP contribution in [-0.4, -0.2) is 52.1 Å². The van der Waals surface area contributed by atoms with Gasteiger partial charge in [0.1, 0.15) is 0 Å². The van der Waals surface area contributed by atoms with Crippen molar-refractivity contribution in [2.75, 3.05) is 31.1 Å². The van der Waals surface area contributed by atoms with Crippen LogP contribution < -0.4 is 10.5 Å². The van der Waals surface area contributed by atoms with Crippen LogP contribution in [0.3, 0.4) is 0 Å². The van der Waals surface area contributed by atoms with Gasteiger partial charge in [0.2, 0.25) is 5.69 Å². The van der Waals surface area contributed by atoms with E-state index in [0.29, 0.717) is 11.0 Å². The molecule has 28 heavy (non-hydrogen) atoms. The molecule has 4 rings (SSSR count). The lowest BCUT2D eigenvalue weighted by molar-refractivity contribution is 0.0689. The maximum Gasteiger partial charge on any atom is 0.360 e. The number of H-pyrrole nitrogens is 1. The minimum absolute atomic E-state index is 0.477. The van der Waals surface area contributed by atoms with Crippen molar-refractivity contribution in [1.82, 2.24) is 14.9 Å². The summed E-state index contributed by atoms with van der Waals surface area (Å²) in [4.78, 5) is 34.5. The number of hydrogen-bond acceptors (Lipinski definition) is 5. The van der Waals surface area contributed by atoms with E-state index in [1.54, 1.807) is 0 Å². The fourth-order valence-electron chi connectivity index (χ4n) is 3.70. The topological polar surface area (TPSA) is 89.5 Å². The first-order valence-electron chi connectivity index (χ1n) is 9.30. The Hall–Kier alpha value is -3.19. The smallest absolute Gasteiger partial charge is 0.360 e. The van der Waals surface area contributed by atoms with Gasteiger partial charge in [-0.2, -0.15) is 0 Å². The van der Waals surface area contributed by atoms with Crippen molar-refractivity contribution in [3.8, 4) is 0 Å². The molecule has 0 saturated carbocycles. The zero-order valence-corrected chi connectivity index (χ0v) is 15.7. The minimum Gasteiger partial charge on any atom is -0.476 e. The molecule has 1 fully saturated rings. The fourth-order valence-corrected chi connectivity index (χ4v) is 3.70. The second kappa shape index (κ2) is 7.44. The van der Waals surface area contributed by atoms with E-state index in [2.05, 4.69) is 44.0 Å². The number of carbonyl (C=O) groups is 1. The van der Waals surface area contributed by atoms with E-state index < -0.39 is 17.2 Å². The van der Waals surface area contributed by atoms with Crippen molar-refractivity contribution in [2.24, 2.45) is 0 Å². The second-order valence-corrected chi connectivity index (χ2v) is 7.12. The maximum atomic E-state index is 11.8. The van der Waals surface area contributed by atoms with Crippen molar-refractivity contribution in [2.45, 2.75) is 13.5 Å². The Balaban J connectivity index is 1.54. The van der Waals surface area contributed by atoms with Crippen LogP contribution >= 0.6 is 0 Å². The van der Waals surface area contributed by atoms with Gasteiger partial charge in [-0.05, 0) is 30.2 Å². The Kier molecular flexibility index (Phi) is 4.83. The molecule has 1 aliphatic rings. The Morgan fingerprint density at radius 2 is 1.86 bits per heavy atom. The van der Waals surface area contributed by atoms with Gasteiger partial charge in [-0.1, -0.05) is 30.3 Å². The summed E-state index contributed by atoms with van der Waals surface area (Å²) in [6.07, 6.45) is 0. The van der Waals surface area contributed by atoms with Gasteiger partial charge in [0, 0.05) is 38.4 Å². The largest absolute Gasteiger partial charge is 0.476 e. The van der Waals surface area contributed by atoms with Crippen LogP contribution in [0.2, 0.25) is 0 Å². The monoisotopic (exact) mass is 378 g/mol. The number of aromatic carboxylic acids is 1. The van der Waals surface area contributed by atoms with E-state index in [1.807, 2.05) is 25.1 Å². The summed E-state index contributed by atoms with van der Waals surface area (Å²) in [5.41, 5.74) is 3.26. The van der Waals surface area contributed by atoms with Gasteiger partial charge in [0.25, 0.3) is 5.56 Å². The molecule has 0 atom stereocenters. The Bertz CT molecular complexity index is 1070. The molecule has 0 amide bonds. The van der Waals surface area contributed by atoms with Gasteiger partial charge in [-0.15, -0.1) is 0 Å². The van der Waals surface area contributed by atoms with Gasteiger partial charge in [-0.3, -0.25) is 9.69 Å². The Morgan fingerprint density at radius 1 is 1.14 bits per heavy atom. The molecule has 1 saturated heterocycles. The maximum absolute atomic E-state index is 11.8. The summed E-state index contributed by atoms with van der Waals surface area (Å²) in [5.74, 6) is -1.32.